The van der Waals surface area contributed by atoms with E-state index in [2.05, 4.69) is 15.5 Å². The molecule has 0 radical (unpaired) electrons. The molecule has 0 saturated heterocycles. The lowest BCUT2D eigenvalue weighted by Crippen LogP contribution is -2.02. The summed E-state index contributed by atoms with van der Waals surface area (Å²) in [6.07, 6.45) is 0. The Balaban J connectivity index is 2.61. The molecular weight excluding hydrogens is 232 g/mol. The molecule has 0 aliphatic heterocycles. The van der Waals surface area contributed by atoms with Gasteiger partial charge in [0.05, 0.1) is 5.69 Å². The van der Waals surface area contributed by atoms with E-state index in [1.807, 2.05) is 0 Å². The van der Waals surface area contributed by atoms with Crippen molar-refractivity contribution in [3.05, 3.63) is 28.5 Å². The predicted molar refractivity (Wildman–Crippen MR) is 55.2 cm³/mol. The van der Waals surface area contributed by atoms with Crippen molar-refractivity contribution in [3.63, 3.8) is 0 Å². The minimum atomic E-state index is -1.22. The number of nitrogens with one attached hydrogen (secondary N) is 1. The van der Waals surface area contributed by atoms with Gasteiger partial charge in [0.2, 0.25) is 4.77 Å². The third-order valence-corrected chi connectivity index (χ3v) is 2.20. The number of phenols is 1. The van der Waals surface area contributed by atoms with Gasteiger partial charge in [-0.25, -0.2) is 9.48 Å². The van der Waals surface area contributed by atoms with Gasteiger partial charge in [-0.15, -0.1) is 0 Å². The van der Waals surface area contributed by atoms with Gasteiger partial charge in [0.15, 0.2) is 0 Å². The maximum atomic E-state index is 10.8. The molecular formula is C8H6N4O3S. The Bertz CT molecular complexity index is 603. The van der Waals surface area contributed by atoms with Crippen LogP contribution in [0.4, 0.5) is 0 Å². The van der Waals surface area contributed by atoms with Gasteiger partial charge < -0.3 is 10.2 Å². The van der Waals surface area contributed by atoms with E-state index >= 15 is 0 Å². The Kier molecular flexibility index (Phi) is 2.41. The fourth-order valence-electron chi connectivity index (χ4n) is 1.20. The maximum absolute atomic E-state index is 10.8. The minimum Gasteiger partial charge on any atom is -0.507 e. The molecule has 0 aliphatic carbocycles. The van der Waals surface area contributed by atoms with E-state index < -0.39 is 5.97 Å². The minimum absolute atomic E-state index is 0.169. The molecule has 8 heteroatoms. The molecule has 0 unspecified atom stereocenters. The molecule has 0 bridgehead atoms. The van der Waals surface area contributed by atoms with E-state index in [1.54, 1.807) is 0 Å². The van der Waals surface area contributed by atoms with Crippen molar-refractivity contribution in [1.82, 2.24) is 20.2 Å². The highest BCUT2D eigenvalue weighted by Crippen LogP contribution is 2.20. The summed E-state index contributed by atoms with van der Waals surface area (Å²) in [5.74, 6) is -1.53. The monoisotopic (exact) mass is 238 g/mol. The molecule has 0 atom stereocenters. The van der Waals surface area contributed by atoms with Gasteiger partial charge in [0.25, 0.3) is 0 Å². The molecule has 2 aromatic rings. The van der Waals surface area contributed by atoms with Crippen molar-refractivity contribution in [2.24, 2.45) is 0 Å². The number of tetrazole rings is 1. The lowest BCUT2D eigenvalue weighted by atomic mass is 10.2. The molecule has 0 amide bonds. The van der Waals surface area contributed by atoms with Crippen molar-refractivity contribution in [1.29, 1.82) is 0 Å². The highest BCUT2D eigenvalue weighted by atomic mass is 32.1. The summed E-state index contributed by atoms with van der Waals surface area (Å²) in [5, 5.41) is 27.6. The van der Waals surface area contributed by atoms with Crippen LogP contribution in [0.25, 0.3) is 5.69 Å². The number of hydrogen-bond acceptors (Lipinski definition) is 5. The molecule has 7 nitrogen and oxygen atoms in total. The Hall–Kier alpha value is -2.22. The van der Waals surface area contributed by atoms with Gasteiger partial charge in [0.1, 0.15) is 11.3 Å². The number of hydrogen-bond donors (Lipinski definition) is 3. The molecule has 16 heavy (non-hydrogen) atoms. The number of carboxylic acid groups (broad SMARTS) is 1. The molecule has 1 heterocycles. The topological polar surface area (TPSA) is 104 Å². The Morgan fingerprint density at radius 1 is 1.50 bits per heavy atom. The molecule has 0 aliphatic rings. The Labute approximate surface area is 93.9 Å². The van der Waals surface area contributed by atoms with E-state index in [9.17, 15) is 9.90 Å². The summed E-state index contributed by atoms with van der Waals surface area (Å²) in [5.41, 5.74) is 0.221. The van der Waals surface area contributed by atoms with Crippen LogP contribution in [-0.4, -0.2) is 36.4 Å². The average molecular weight is 238 g/mol. The smallest absolute Gasteiger partial charge is 0.339 e. The summed E-state index contributed by atoms with van der Waals surface area (Å²) < 4.78 is 1.49. The van der Waals surface area contributed by atoms with E-state index in [0.29, 0.717) is 5.69 Å². The number of aromatic carboxylic acids is 1. The fraction of sp³-hybridized carbons (Fsp3) is 0. The summed E-state index contributed by atoms with van der Waals surface area (Å²) >= 11 is 4.86. The van der Waals surface area contributed by atoms with Crippen LogP contribution in [0.1, 0.15) is 10.4 Å². The van der Waals surface area contributed by atoms with Gasteiger partial charge in [0, 0.05) is 0 Å². The third-order valence-electron chi connectivity index (χ3n) is 1.94. The van der Waals surface area contributed by atoms with Gasteiger partial charge in [-0.1, -0.05) is 10.3 Å². The SMILES string of the molecule is O=C(O)c1cc(-n2[nH]nnc2=S)ccc1O. The van der Waals surface area contributed by atoms with Crippen LogP contribution in [0, 0.1) is 4.77 Å². The van der Waals surface area contributed by atoms with Crippen molar-refractivity contribution < 1.29 is 15.0 Å². The fourth-order valence-corrected chi connectivity index (χ4v) is 1.39. The lowest BCUT2D eigenvalue weighted by Gasteiger charge is -2.03. The normalized spacial score (nSPS) is 10.2. The zero-order valence-electron chi connectivity index (χ0n) is 7.78. The van der Waals surface area contributed by atoms with Crippen LogP contribution in [0.5, 0.6) is 5.75 Å². The van der Waals surface area contributed by atoms with Crippen LogP contribution < -0.4 is 0 Å². The summed E-state index contributed by atoms with van der Waals surface area (Å²) in [4.78, 5) is 10.8. The van der Waals surface area contributed by atoms with Crippen LogP contribution in [0.3, 0.4) is 0 Å². The molecule has 0 saturated carbocycles. The van der Waals surface area contributed by atoms with E-state index in [4.69, 9.17) is 17.3 Å². The maximum Gasteiger partial charge on any atom is 0.339 e. The van der Waals surface area contributed by atoms with Crippen LogP contribution in [-0.2, 0) is 0 Å². The first-order valence-electron chi connectivity index (χ1n) is 4.16. The summed E-state index contributed by atoms with van der Waals surface area (Å²) in [6, 6.07) is 4.03. The number of rotatable bonds is 2. The Morgan fingerprint density at radius 3 is 2.81 bits per heavy atom. The number of benzene rings is 1. The highest BCUT2D eigenvalue weighted by Gasteiger charge is 2.11. The number of aromatic amines is 1. The van der Waals surface area contributed by atoms with Crippen LogP contribution in [0.2, 0.25) is 0 Å². The van der Waals surface area contributed by atoms with Gasteiger partial charge in [-0.3, -0.25) is 0 Å². The van der Waals surface area contributed by atoms with E-state index in [0.717, 1.165) is 0 Å². The summed E-state index contributed by atoms with van der Waals surface area (Å²) in [7, 11) is 0. The van der Waals surface area contributed by atoms with Crippen molar-refractivity contribution in [2.45, 2.75) is 0 Å². The quantitative estimate of drug-likeness (QED) is 0.666. The van der Waals surface area contributed by atoms with Crippen LogP contribution in [0.15, 0.2) is 18.2 Å². The van der Waals surface area contributed by atoms with E-state index in [-0.39, 0.29) is 16.1 Å². The number of aromatic hydroxyl groups is 1. The number of carbonyl (C=O) groups is 1. The van der Waals surface area contributed by atoms with Crippen molar-refractivity contribution >= 4 is 18.2 Å². The number of aromatic nitrogens is 4. The van der Waals surface area contributed by atoms with Crippen molar-refractivity contribution in [2.75, 3.05) is 0 Å². The first-order chi connectivity index (χ1) is 7.59. The predicted octanol–water partition coefficient (Wildman–Crippen LogP) is 0.729. The first kappa shape index (κ1) is 10.3. The highest BCUT2D eigenvalue weighted by molar-refractivity contribution is 7.71. The number of nitrogens with zero attached hydrogens (tertiary/aromatic N) is 3. The average Bonchev–Trinajstić information content (AvgIpc) is 2.65. The van der Waals surface area contributed by atoms with Crippen molar-refractivity contribution in [3.8, 4) is 11.4 Å². The number of H-pyrrole nitrogens is 1. The molecule has 82 valence electrons. The molecule has 1 aromatic heterocycles. The van der Waals surface area contributed by atoms with Gasteiger partial charge >= 0.3 is 5.97 Å². The summed E-state index contributed by atoms with van der Waals surface area (Å²) in [6.45, 7) is 0. The van der Waals surface area contributed by atoms with E-state index in [1.165, 1.54) is 22.9 Å². The number of carboxylic acids is 1. The lowest BCUT2D eigenvalue weighted by molar-refractivity contribution is 0.0693. The van der Waals surface area contributed by atoms with Crippen LogP contribution >= 0.6 is 12.2 Å². The molecule has 3 N–H and O–H groups in total. The Morgan fingerprint density at radius 2 is 2.25 bits per heavy atom. The zero-order chi connectivity index (χ0) is 11.7. The largest absolute Gasteiger partial charge is 0.507 e. The molecule has 0 spiro atoms. The third kappa shape index (κ3) is 1.65. The zero-order valence-corrected chi connectivity index (χ0v) is 8.60. The second kappa shape index (κ2) is 3.74. The second-order valence-electron chi connectivity index (χ2n) is 2.92. The molecule has 1 aromatic carbocycles. The first-order valence-corrected chi connectivity index (χ1v) is 4.57. The standard InChI is InChI=1S/C8H6N4O3S/c13-6-2-1-4(3-5(6)7(14)15)12-8(16)9-10-11-12/h1-3,13H,(H,14,15)(H,9,11,16). The van der Waals surface area contributed by atoms with Gasteiger partial charge in [-0.2, -0.15) is 5.21 Å². The molecule has 0 fully saturated rings. The second-order valence-corrected chi connectivity index (χ2v) is 3.29. The molecule has 2 rings (SSSR count). The van der Waals surface area contributed by atoms with Gasteiger partial charge in [-0.05, 0) is 30.4 Å².